The second kappa shape index (κ2) is 10.7. The summed E-state index contributed by atoms with van der Waals surface area (Å²) in [7, 11) is 0. The molecule has 0 spiro atoms. The Labute approximate surface area is 182 Å². The lowest BCUT2D eigenvalue weighted by Crippen LogP contribution is -2.52. The molecule has 4 nitrogen and oxygen atoms in total. The summed E-state index contributed by atoms with van der Waals surface area (Å²) in [6.45, 7) is 4.32. The maximum absolute atomic E-state index is 12.8. The van der Waals surface area contributed by atoms with Gasteiger partial charge in [-0.05, 0) is 37.5 Å². The largest absolute Gasteiger partial charge is 0.339 e. The van der Waals surface area contributed by atoms with E-state index >= 15 is 0 Å². The molecule has 1 fully saturated rings. The molecule has 1 atom stereocenters. The van der Waals surface area contributed by atoms with Gasteiger partial charge in [-0.15, -0.1) is 11.8 Å². The molecule has 29 heavy (non-hydrogen) atoms. The Kier molecular flexibility index (Phi) is 8.01. The van der Waals surface area contributed by atoms with Crippen LogP contribution in [-0.2, 0) is 16.0 Å². The molecule has 1 saturated heterocycles. The molecule has 1 unspecified atom stereocenters. The minimum Gasteiger partial charge on any atom is -0.339 e. The third-order valence-corrected chi connectivity index (χ3v) is 6.74. The normalized spacial score (nSPS) is 15.2. The molecule has 3 rings (SSSR count). The molecule has 0 N–H and O–H groups in total. The van der Waals surface area contributed by atoms with Crippen LogP contribution in [0.15, 0.2) is 59.5 Å². The van der Waals surface area contributed by atoms with Gasteiger partial charge in [0.1, 0.15) is 0 Å². The molecular formula is C23H27ClN2O2S. The second-order valence-corrected chi connectivity index (χ2v) is 9.03. The van der Waals surface area contributed by atoms with Crippen LogP contribution in [0.5, 0.6) is 0 Å². The average Bonchev–Trinajstić information content (AvgIpc) is 2.75. The Bertz CT molecular complexity index is 823. The van der Waals surface area contributed by atoms with Gasteiger partial charge in [0.25, 0.3) is 0 Å². The van der Waals surface area contributed by atoms with Gasteiger partial charge in [0.05, 0.1) is 10.3 Å². The van der Waals surface area contributed by atoms with Crippen LogP contribution in [0.3, 0.4) is 0 Å². The summed E-state index contributed by atoms with van der Waals surface area (Å²) in [6.07, 6.45) is 2.33. The maximum atomic E-state index is 12.8. The number of carbonyl (C=O) groups excluding carboxylic acids is 2. The van der Waals surface area contributed by atoms with Crippen LogP contribution >= 0.6 is 23.4 Å². The van der Waals surface area contributed by atoms with Crippen LogP contribution < -0.4 is 0 Å². The van der Waals surface area contributed by atoms with E-state index in [0.717, 1.165) is 17.7 Å². The highest BCUT2D eigenvalue weighted by molar-refractivity contribution is 8.00. The molecule has 2 aromatic carbocycles. The van der Waals surface area contributed by atoms with Crippen LogP contribution in [0.1, 0.15) is 25.3 Å². The number of aryl methyl sites for hydroxylation is 1. The first-order valence-electron chi connectivity index (χ1n) is 10.1. The van der Waals surface area contributed by atoms with E-state index in [0.29, 0.717) is 37.6 Å². The monoisotopic (exact) mass is 430 g/mol. The van der Waals surface area contributed by atoms with Crippen LogP contribution in [0.25, 0.3) is 0 Å². The standard InChI is InChI=1S/C23H27ClN2O2S/c1-18(29-21-12-6-5-11-20(21)24)23(28)26-16-14-25(15-17-26)22(27)13-7-10-19-8-3-2-4-9-19/h2-6,8-9,11-12,18H,7,10,13-17H2,1H3. The Hall–Kier alpha value is -1.98. The highest BCUT2D eigenvalue weighted by Gasteiger charge is 2.27. The van der Waals surface area contributed by atoms with Crippen molar-refractivity contribution in [2.75, 3.05) is 26.2 Å². The molecule has 1 aliphatic rings. The summed E-state index contributed by atoms with van der Waals surface area (Å²) in [5.74, 6) is 0.289. The predicted molar refractivity (Wildman–Crippen MR) is 119 cm³/mol. The highest BCUT2D eigenvalue weighted by Crippen LogP contribution is 2.30. The van der Waals surface area contributed by atoms with Gasteiger partial charge in [0, 0.05) is 37.5 Å². The van der Waals surface area contributed by atoms with Crippen LogP contribution in [-0.4, -0.2) is 53.0 Å². The van der Waals surface area contributed by atoms with Gasteiger partial charge in [-0.1, -0.05) is 54.1 Å². The summed E-state index contributed by atoms with van der Waals surface area (Å²) in [4.78, 5) is 29.9. The molecule has 6 heteroatoms. The smallest absolute Gasteiger partial charge is 0.235 e. The maximum Gasteiger partial charge on any atom is 0.235 e. The Morgan fingerprint density at radius 2 is 1.59 bits per heavy atom. The van der Waals surface area contributed by atoms with Crippen molar-refractivity contribution in [1.82, 2.24) is 9.80 Å². The molecular weight excluding hydrogens is 404 g/mol. The minimum absolute atomic E-state index is 0.103. The van der Waals surface area contributed by atoms with Gasteiger partial charge in [-0.3, -0.25) is 9.59 Å². The number of piperazine rings is 1. The fourth-order valence-corrected chi connectivity index (χ4v) is 4.70. The molecule has 0 bridgehead atoms. The zero-order valence-electron chi connectivity index (χ0n) is 16.7. The van der Waals surface area contributed by atoms with Crippen LogP contribution in [0, 0.1) is 0 Å². The first-order chi connectivity index (χ1) is 14.0. The van der Waals surface area contributed by atoms with E-state index in [9.17, 15) is 9.59 Å². The lowest BCUT2D eigenvalue weighted by Gasteiger charge is -2.36. The number of hydrogen-bond donors (Lipinski definition) is 0. The number of carbonyl (C=O) groups is 2. The van der Waals surface area contributed by atoms with E-state index in [2.05, 4.69) is 12.1 Å². The summed E-state index contributed by atoms with van der Waals surface area (Å²) >= 11 is 7.69. The summed E-state index contributed by atoms with van der Waals surface area (Å²) < 4.78 is 0. The fourth-order valence-electron chi connectivity index (χ4n) is 3.46. The molecule has 0 aliphatic carbocycles. The molecule has 2 amide bonds. The molecule has 154 valence electrons. The lowest BCUT2D eigenvalue weighted by atomic mass is 10.1. The quantitative estimate of drug-likeness (QED) is 0.606. The Balaban J connectivity index is 1.41. The topological polar surface area (TPSA) is 40.6 Å². The number of halogens is 1. The number of benzene rings is 2. The fraction of sp³-hybridized carbons (Fsp3) is 0.391. The number of rotatable bonds is 7. The minimum atomic E-state index is -0.206. The van der Waals surface area contributed by atoms with Crippen molar-refractivity contribution in [3.05, 3.63) is 65.2 Å². The second-order valence-electron chi connectivity index (χ2n) is 7.24. The van der Waals surface area contributed by atoms with E-state index < -0.39 is 0 Å². The summed E-state index contributed by atoms with van der Waals surface area (Å²) in [6, 6.07) is 17.8. The van der Waals surface area contributed by atoms with Crippen molar-refractivity contribution in [3.8, 4) is 0 Å². The number of hydrogen-bond acceptors (Lipinski definition) is 3. The highest BCUT2D eigenvalue weighted by atomic mass is 35.5. The molecule has 0 aromatic heterocycles. The van der Waals surface area contributed by atoms with Crippen molar-refractivity contribution in [1.29, 1.82) is 0 Å². The van der Waals surface area contributed by atoms with Crippen molar-refractivity contribution >= 4 is 35.2 Å². The first kappa shape index (κ1) is 21.7. The van der Waals surface area contributed by atoms with E-state index in [1.54, 1.807) is 0 Å². The molecule has 2 aromatic rings. The van der Waals surface area contributed by atoms with Crippen molar-refractivity contribution in [3.63, 3.8) is 0 Å². The van der Waals surface area contributed by atoms with Crippen LogP contribution in [0.2, 0.25) is 5.02 Å². The number of thioether (sulfide) groups is 1. The number of amides is 2. The van der Waals surface area contributed by atoms with Crippen molar-refractivity contribution in [2.24, 2.45) is 0 Å². The molecule has 1 aliphatic heterocycles. The van der Waals surface area contributed by atoms with Gasteiger partial charge >= 0.3 is 0 Å². The van der Waals surface area contributed by atoms with Crippen LogP contribution in [0.4, 0.5) is 0 Å². The lowest BCUT2D eigenvalue weighted by molar-refractivity contribution is -0.139. The van der Waals surface area contributed by atoms with Crippen molar-refractivity contribution < 1.29 is 9.59 Å². The summed E-state index contributed by atoms with van der Waals surface area (Å²) in [5.41, 5.74) is 1.26. The Morgan fingerprint density at radius 1 is 0.966 bits per heavy atom. The first-order valence-corrected chi connectivity index (χ1v) is 11.3. The van der Waals surface area contributed by atoms with Gasteiger partial charge < -0.3 is 9.80 Å². The van der Waals surface area contributed by atoms with Gasteiger partial charge in [0.15, 0.2) is 0 Å². The van der Waals surface area contributed by atoms with E-state index in [1.807, 2.05) is 59.2 Å². The van der Waals surface area contributed by atoms with Gasteiger partial charge in [-0.25, -0.2) is 0 Å². The van der Waals surface area contributed by atoms with Gasteiger partial charge in [-0.2, -0.15) is 0 Å². The average molecular weight is 431 g/mol. The molecule has 0 radical (unpaired) electrons. The zero-order chi connectivity index (χ0) is 20.6. The molecule has 1 heterocycles. The molecule has 0 saturated carbocycles. The van der Waals surface area contributed by atoms with E-state index in [1.165, 1.54) is 17.3 Å². The van der Waals surface area contributed by atoms with E-state index in [4.69, 9.17) is 11.6 Å². The Morgan fingerprint density at radius 3 is 2.28 bits per heavy atom. The predicted octanol–water partition coefficient (Wildman–Crippen LogP) is 4.51. The summed E-state index contributed by atoms with van der Waals surface area (Å²) in [5, 5.41) is 0.464. The van der Waals surface area contributed by atoms with Crippen molar-refractivity contribution in [2.45, 2.75) is 36.3 Å². The van der Waals surface area contributed by atoms with Gasteiger partial charge in [0.2, 0.25) is 11.8 Å². The number of nitrogens with zero attached hydrogens (tertiary/aromatic N) is 2. The van der Waals surface area contributed by atoms with E-state index in [-0.39, 0.29) is 17.1 Å². The third-order valence-electron chi connectivity index (χ3n) is 5.13. The SMILES string of the molecule is CC(Sc1ccccc1Cl)C(=O)N1CCN(C(=O)CCCc2ccccc2)CC1. The zero-order valence-corrected chi connectivity index (χ0v) is 18.3. The third kappa shape index (κ3) is 6.25.